The first kappa shape index (κ1) is 17.1. The number of likely N-dealkylation sites (N-methyl/N-ethyl adjacent to an activating group) is 2. The average molecular weight is 297 g/mol. The van der Waals surface area contributed by atoms with E-state index >= 15 is 0 Å². The first-order chi connectivity index (χ1) is 9.47. The molecule has 0 spiro atoms. The minimum Gasteiger partial charge on any atom is -0.353 e. The van der Waals surface area contributed by atoms with Crippen LogP contribution in [0.2, 0.25) is 0 Å². The van der Waals surface area contributed by atoms with Gasteiger partial charge >= 0.3 is 0 Å². The highest BCUT2D eigenvalue weighted by Crippen LogP contribution is 2.22. The van der Waals surface area contributed by atoms with Crippen LogP contribution in [-0.2, 0) is 4.79 Å². The van der Waals surface area contributed by atoms with E-state index in [1.165, 1.54) is 4.88 Å². The molecule has 0 aliphatic rings. The highest BCUT2D eigenvalue weighted by molar-refractivity contribution is 7.10. The van der Waals surface area contributed by atoms with Crippen LogP contribution in [0.5, 0.6) is 0 Å². The maximum Gasteiger partial charge on any atom is 0.237 e. The molecule has 1 amide bonds. The Hall–Kier alpha value is -0.910. The maximum absolute atomic E-state index is 12.3. The zero-order chi connectivity index (χ0) is 15.1. The molecule has 1 aromatic rings. The van der Waals surface area contributed by atoms with Crippen LogP contribution >= 0.6 is 11.3 Å². The van der Waals surface area contributed by atoms with Crippen molar-refractivity contribution in [3.05, 3.63) is 22.4 Å². The molecule has 0 saturated carbocycles. The van der Waals surface area contributed by atoms with Gasteiger partial charge in [0.05, 0.1) is 12.1 Å². The molecule has 0 unspecified atom stereocenters. The molecule has 0 aliphatic heterocycles. The van der Waals surface area contributed by atoms with Gasteiger partial charge in [-0.05, 0) is 46.1 Å². The van der Waals surface area contributed by atoms with E-state index in [4.69, 9.17) is 0 Å². The summed E-state index contributed by atoms with van der Waals surface area (Å²) in [5.74, 6) is 0.125. The molecule has 5 heteroatoms. The number of nitrogens with one attached hydrogen (secondary N) is 1. The molecule has 1 heterocycles. The average Bonchev–Trinajstić information content (AvgIpc) is 2.88. The largest absolute Gasteiger partial charge is 0.353 e. The van der Waals surface area contributed by atoms with Crippen molar-refractivity contribution in [3.63, 3.8) is 0 Å². The predicted molar refractivity (Wildman–Crippen MR) is 86.1 cm³/mol. The lowest BCUT2D eigenvalue weighted by molar-refractivity contribution is -0.126. The lowest BCUT2D eigenvalue weighted by Gasteiger charge is -2.27. The molecule has 1 rings (SSSR count). The third-order valence-corrected chi connectivity index (χ3v) is 4.43. The maximum atomic E-state index is 12.3. The summed E-state index contributed by atoms with van der Waals surface area (Å²) >= 11 is 1.73. The minimum absolute atomic E-state index is 0.0360. The smallest absolute Gasteiger partial charge is 0.237 e. The van der Waals surface area contributed by atoms with Gasteiger partial charge in [-0.2, -0.15) is 0 Å². The van der Waals surface area contributed by atoms with Crippen molar-refractivity contribution in [2.75, 3.05) is 34.7 Å². The number of nitrogens with zero attached hydrogens (tertiary/aromatic N) is 2. The van der Waals surface area contributed by atoms with E-state index in [0.29, 0.717) is 6.54 Å². The molecule has 4 nitrogen and oxygen atoms in total. The number of thiophene rings is 1. The number of rotatable bonds is 8. The molecule has 0 aliphatic carbocycles. The zero-order valence-corrected chi connectivity index (χ0v) is 14.0. The molecular formula is C15H27N3OS. The van der Waals surface area contributed by atoms with Crippen LogP contribution in [0.25, 0.3) is 0 Å². The summed E-state index contributed by atoms with van der Waals surface area (Å²) in [6.07, 6.45) is 1.91. The number of carbonyl (C=O) groups is 1. The van der Waals surface area contributed by atoms with E-state index in [0.717, 1.165) is 12.8 Å². The fraction of sp³-hybridized carbons (Fsp3) is 0.667. The van der Waals surface area contributed by atoms with Gasteiger partial charge in [-0.3, -0.25) is 9.69 Å². The Bertz CT molecular complexity index is 390. The summed E-state index contributed by atoms with van der Waals surface area (Å²) in [5, 5.41) is 5.18. The standard InChI is InChI=1S/C15H27N3OS/c1-6-8-12(17(2)3)15(19)16-11-13(18(4)5)14-9-7-10-20-14/h7,9-10,12-13H,6,8,11H2,1-5H3,(H,16,19)/t12-,13-/m0/s1. The third-order valence-electron chi connectivity index (χ3n) is 3.45. The van der Waals surface area contributed by atoms with Gasteiger partial charge in [-0.1, -0.05) is 19.4 Å². The third kappa shape index (κ3) is 4.89. The van der Waals surface area contributed by atoms with Gasteiger partial charge in [-0.15, -0.1) is 11.3 Å². The Kier molecular flexibility index (Phi) is 7.19. The van der Waals surface area contributed by atoms with E-state index in [2.05, 4.69) is 34.7 Å². The van der Waals surface area contributed by atoms with Gasteiger partial charge in [0.1, 0.15) is 0 Å². The Morgan fingerprint density at radius 3 is 2.45 bits per heavy atom. The Morgan fingerprint density at radius 2 is 2.00 bits per heavy atom. The van der Waals surface area contributed by atoms with Gasteiger partial charge in [0, 0.05) is 11.4 Å². The number of carbonyl (C=O) groups excluding carboxylic acids is 1. The molecule has 20 heavy (non-hydrogen) atoms. The lowest BCUT2D eigenvalue weighted by atomic mass is 10.1. The van der Waals surface area contributed by atoms with E-state index in [9.17, 15) is 4.79 Å². The second kappa shape index (κ2) is 8.39. The van der Waals surface area contributed by atoms with Crippen molar-refractivity contribution < 1.29 is 4.79 Å². The van der Waals surface area contributed by atoms with Crippen molar-refractivity contribution in [1.82, 2.24) is 15.1 Å². The second-order valence-corrected chi connectivity index (χ2v) is 6.49. The van der Waals surface area contributed by atoms with Crippen LogP contribution in [0.1, 0.15) is 30.7 Å². The van der Waals surface area contributed by atoms with Crippen molar-refractivity contribution in [2.24, 2.45) is 0 Å². The topological polar surface area (TPSA) is 35.6 Å². The fourth-order valence-corrected chi connectivity index (χ4v) is 3.15. The van der Waals surface area contributed by atoms with Crippen LogP contribution in [-0.4, -0.2) is 56.5 Å². The second-order valence-electron chi connectivity index (χ2n) is 5.51. The molecule has 0 fully saturated rings. The zero-order valence-electron chi connectivity index (χ0n) is 13.2. The van der Waals surface area contributed by atoms with Crippen LogP contribution in [0, 0.1) is 0 Å². The van der Waals surface area contributed by atoms with Crippen LogP contribution in [0.4, 0.5) is 0 Å². The van der Waals surface area contributed by atoms with Gasteiger partial charge in [0.2, 0.25) is 5.91 Å². The van der Waals surface area contributed by atoms with Crippen molar-refractivity contribution in [2.45, 2.75) is 31.8 Å². The Labute approximate surface area is 126 Å². The van der Waals surface area contributed by atoms with E-state index in [1.807, 2.05) is 33.1 Å². The monoisotopic (exact) mass is 297 g/mol. The van der Waals surface area contributed by atoms with Gasteiger partial charge in [0.25, 0.3) is 0 Å². The number of amides is 1. The van der Waals surface area contributed by atoms with Crippen LogP contribution in [0.3, 0.4) is 0 Å². The molecular weight excluding hydrogens is 270 g/mol. The summed E-state index contributed by atoms with van der Waals surface area (Å²) in [7, 11) is 8.02. The molecule has 1 aromatic heterocycles. The normalized spacial score (nSPS) is 14.6. The molecule has 1 N–H and O–H groups in total. The number of hydrogen-bond donors (Lipinski definition) is 1. The predicted octanol–water partition coefficient (Wildman–Crippen LogP) is 2.20. The highest BCUT2D eigenvalue weighted by Gasteiger charge is 2.22. The highest BCUT2D eigenvalue weighted by atomic mass is 32.1. The van der Waals surface area contributed by atoms with Gasteiger partial charge in [0.15, 0.2) is 0 Å². The van der Waals surface area contributed by atoms with Crippen molar-refractivity contribution >= 4 is 17.2 Å². The van der Waals surface area contributed by atoms with Crippen LogP contribution < -0.4 is 5.32 Å². The van der Waals surface area contributed by atoms with Gasteiger partial charge < -0.3 is 10.2 Å². The summed E-state index contributed by atoms with van der Waals surface area (Å²) in [6.45, 7) is 2.76. The van der Waals surface area contributed by atoms with Crippen LogP contribution in [0.15, 0.2) is 17.5 Å². The van der Waals surface area contributed by atoms with Gasteiger partial charge in [-0.25, -0.2) is 0 Å². The quantitative estimate of drug-likeness (QED) is 0.799. The molecule has 2 atom stereocenters. The van der Waals surface area contributed by atoms with E-state index in [1.54, 1.807) is 11.3 Å². The molecule has 114 valence electrons. The fourth-order valence-electron chi connectivity index (χ4n) is 2.23. The van der Waals surface area contributed by atoms with E-state index < -0.39 is 0 Å². The number of hydrogen-bond acceptors (Lipinski definition) is 4. The molecule has 0 bridgehead atoms. The Morgan fingerprint density at radius 1 is 1.30 bits per heavy atom. The van der Waals surface area contributed by atoms with Crippen molar-refractivity contribution in [1.29, 1.82) is 0 Å². The van der Waals surface area contributed by atoms with E-state index in [-0.39, 0.29) is 18.0 Å². The summed E-state index contributed by atoms with van der Waals surface area (Å²) in [6, 6.07) is 4.38. The Balaban J connectivity index is 2.61. The lowest BCUT2D eigenvalue weighted by Crippen LogP contribution is -2.45. The molecule has 0 saturated heterocycles. The SMILES string of the molecule is CCC[C@@H](C(=O)NC[C@@H](c1cccs1)N(C)C)N(C)C. The first-order valence-corrected chi connectivity index (χ1v) is 7.99. The minimum atomic E-state index is -0.0360. The summed E-state index contributed by atoms with van der Waals surface area (Å²) < 4.78 is 0. The molecule has 0 radical (unpaired) electrons. The van der Waals surface area contributed by atoms with Crippen molar-refractivity contribution in [3.8, 4) is 0 Å². The summed E-state index contributed by atoms with van der Waals surface area (Å²) in [4.78, 5) is 17.7. The molecule has 0 aromatic carbocycles. The summed E-state index contributed by atoms with van der Waals surface area (Å²) in [5.41, 5.74) is 0. The first-order valence-electron chi connectivity index (χ1n) is 7.11.